The van der Waals surface area contributed by atoms with Crippen LogP contribution in [0.5, 0.6) is 0 Å². The molecule has 7 heteroatoms. The number of rotatable bonds is 6. The van der Waals surface area contributed by atoms with Crippen LogP contribution in [-0.2, 0) is 14.8 Å². The van der Waals surface area contributed by atoms with E-state index in [9.17, 15) is 8.42 Å². The van der Waals surface area contributed by atoms with Crippen molar-refractivity contribution in [2.75, 3.05) is 12.4 Å². The second-order valence-corrected chi connectivity index (χ2v) is 6.60. The molecule has 4 N–H and O–H groups in total. The Bertz CT molecular complexity index is 386. The van der Waals surface area contributed by atoms with E-state index in [2.05, 4.69) is 4.72 Å². The molecule has 1 aliphatic heterocycles. The van der Waals surface area contributed by atoms with Crippen LogP contribution in [0.1, 0.15) is 25.7 Å². The number of nitrogens with one attached hydrogen (secondary N) is 2. The first-order valence-electron chi connectivity index (χ1n) is 5.93. The first kappa shape index (κ1) is 12.8. The molecule has 98 valence electrons. The lowest BCUT2D eigenvalue weighted by Gasteiger charge is -2.18. The Morgan fingerprint density at radius 2 is 2.18 bits per heavy atom. The summed E-state index contributed by atoms with van der Waals surface area (Å²) < 4.78 is 31.6. The molecule has 0 bridgehead atoms. The molecule has 2 unspecified atom stereocenters. The molecular formula is C10H19N3O3S. The van der Waals surface area contributed by atoms with Gasteiger partial charge in [0.05, 0.1) is 17.9 Å². The van der Waals surface area contributed by atoms with Crippen LogP contribution in [0.15, 0.2) is 0 Å². The van der Waals surface area contributed by atoms with Gasteiger partial charge in [-0.25, -0.2) is 13.1 Å². The van der Waals surface area contributed by atoms with Crippen LogP contribution in [0.4, 0.5) is 0 Å². The number of nitrogens with two attached hydrogens (primary N) is 1. The van der Waals surface area contributed by atoms with Gasteiger partial charge in [0.25, 0.3) is 0 Å². The first-order valence-corrected chi connectivity index (χ1v) is 7.59. The minimum atomic E-state index is -3.41. The van der Waals surface area contributed by atoms with E-state index in [1.165, 1.54) is 0 Å². The number of ether oxygens (including phenoxy) is 1. The predicted molar refractivity (Wildman–Crippen MR) is 64.3 cm³/mol. The molecule has 0 aromatic heterocycles. The van der Waals surface area contributed by atoms with Gasteiger partial charge in [0, 0.05) is 6.61 Å². The highest BCUT2D eigenvalue weighted by Gasteiger charge is 2.36. The second-order valence-electron chi connectivity index (χ2n) is 4.80. The fourth-order valence-electron chi connectivity index (χ4n) is 2.11. The Hall–Kier alpha value is -0.660. The van der Waals surface area contributed by atoms with Gasteiger partial charge in [-0.15, -0.1) is 0 Å². The van der Waals surface area contributed by atoms with Gasteiger partial charge in [-0.05, 0) is 31.6 Å². The maximum atomic E-state index is 11.9. The minimum absolute atomic E-state index is 0.0243. The van der Waals surface area contributed by atoms with E-state index in [1.807, 2.05) is 0 Å². The zero-order chi connectivity index (χ0) is 12.5. The molecule has 2 aliphatic rings. The van der Waals surface area contributed by atoms with Gasteiger partial charge in [-0.1, -0.05) is 0 Å². The van der Waals surface area contributed by atoms with Crippen LogP contribution in [0, 0.1) is 11.3 Å². The van der Waals surface area contributed by atoms with Gasteiger partial charge < -0.3 is 10.5 Å². The van der Waals surface area contributed by atoms with Crippen molar-refractivity contribution in [2.45, 2.75) is 37.8 Å². The van der Waals surface area contributed by atoms with Crippen molar-refractivity contribution in [3.63, 3.8) is 0 Å². The summed E-state index contributed by atoms with van der Waals surface area (Å²) in [5.41, 5.74) is 5.42. The summed E-state index contributed by atoms with van der Waals surface area (Å²) in [5.74, 6) is 0.0823. The largest absolute Gasteiger partial charge is 0.386 e. The highest BCUT2D eigenvalue weighted by atomic mass is 32.2. The van der Waals surface area contributed by atoms with Crippen LogP contribution in [0.25, 0.3) is 0 Å². The smallest absolute Gasteiger partial charge is 0.214 e. The van der Waals surface area contributed by atoms with Crippen molar-refractivity contribution in [2.24, 2.45) is 11.7 Å². The van der Waals surface area contributed by atoms with Gasteiger partial charge >= 0.3 is 0 Å². The van der Waals surface area contributed by atoms with Crippen LogP contribution >= 0.6 is 0 Å². The fraction of sp³-hybridized carbons (Fsp3) is 0.900. The zero-order valence-electron chi connectivity index (χ0n) is 9.69. The van der Waals surface area contributed by atoms with Gasteiger partial charge in [0.15, 0.2) is 0 Å². The van der Waals surface area contributed by atoms with Crippen molar-refractivity contribution in [1.82, 2.24) is 4.72 Å². The molecule has 1 saturated heterocycles. The van der Waals surface area contributed by atoms with Gasteiger partial charge in [0.2, 0.25) is 10.0 Å². The molecule has 0 spiro atoms. The monoisotopic (exact) mass is 261 g/mol. The standard InChI is InChI=1S/C10H19N3O3S/c11-10(12)9(7-3-4-7)13-17(14,15)6-8-2-1-5-16-8/h7-9,13H,1-6H2,(H3,11,12). The van der Waals surface area contributed by atoms with Gasteiger partial charge in [-0.2, -0.15) is 0 Å². The second kappa shape index (κ2) is 4.91. The van der Waals surface area contributed by atoms with Crippen LogP contribution < -0.4 is 10.5 Å². The molecule has 0 aromatic carbocycles. The summed E-state index contributed by atoms with van der Waals surface area (Å²) >= 11 is 0. The maximum absolute atomic E-state index is 11.9. The van der Waals surface area contributed by atoms with Crippen molar-refractivity contribution in [1.29, 1.82) is 5.41 Å². The lowest BCUT2D eigenvalue weighted by Crippen LogP contribution is -2.47. The molecule has 6 nitrogen and oxygen atoms in total. The topological polar surface area (TPSA) is 105 Å². The van der Waals surface area contributed by atoms with E-state index in [1.54, 1.807) is 0 Å². The Morgan fingerprint density at radius 3 is 2.65 bits per heavy atom. The highest BCUT2D eigenvalue weighted by Crippen LogP contribution is 2.33. The quantitative estimate of drug-likeness (QED) is 0.455. The average Bonchev–Trinajstić information content (AvgIpc) is 2.94. The minimum Gasteiger partial charge on any atom is -0.386 e. The molecule has 0 amide bonds. The lowest BCUT2D eigenvalue weighted by molar-refractivity contribution is 0.127. The Labute approximate surface area is 101 Å². The molecule has 1 aliphatic carbocycles. The molecule has 0 aromatic rings. The summed E-state index contributed by atoms with van der Waals surface area (Å²) in [4.78, 5) is 0. The van der Waals surface area contributed by atoms with Crippen molar-refractivity contribution in [3.05, 3.63) is 0 Å². The molecule has 0 radical (unpaired) electrons. The van der Waals surface area contributed by atoms with Crippen molar-refractivity contribution in [3.8, 4) is 0 Å². The number of sulfonamides is 1. The fourth-order valence-corrected chi connectivity index (χ4v) is 3.66. The number of hydrogen-bond acceptors (Lipinski definition) is 4. The summed E-state index contributed by atoms with van der Waals surface area (Å²) in [5, 5.41) is 7.41. The van der Waals surface area contributed by atoms with Crippen LogP contribution in [0.2, 0.25) is 0 Å². The normalized spacial score (nSPS) is 26.9. The van der Waals surface area contributed by atoms with Gasteiger partial charge in [-0.3, -0.25) is 5.41 Å². The molecule has 2 atom stereocenters. The maximum Gasteiger partial charge on any atom is 0.214 e. The summed E-state index contributed by atoms with van der Waals surface area (Å²) in [6.45, 7) is 0.638. The summed E-state index contributed by atoms with van der Waals surface area (Å²) in [7, 11) is -3.41. The Morgan fingerprint density at radius 1 is 1.47 bits per heavy atom. The van der Waals surface area contributed by atoms with Crippen molar-refractivity contribution >= 4 is 15.9 Å². The zero-order valence-corrected chi connectivity index (χ0v) is 10.5. The van der Waals surface area contributed by atoms with Gasteiger partial charge in [0.1, 0.15) is 5.84 Å². The third-order valence-electron chi connectivity index (χ3n) is 3.16. The third kappa shape index (κ3) is 3.65. The molecule has 17 heavy (non-hydrogen) atoms. The third-order valence-corrected chi connectivity index (χ3v) is 4.59. The Balaban J connectivity index is 1.92. The first-order chi connectivity index (χ1) is 7.98. The van der Waals surface area contributed by atoms with E-state index in [0.29, 0.717) is 6.61 Å². The van der Waals surface area contributed by atoms with E-state index >= 15 is 0 Å². The van der Waals surface area contributed by atoms with Crippen LogP contribution in [0.3, 0.4) is 0 Å². The van der Waals surface area contributed by atoms with Crippen molar-refractivity contribution < 1.29 is 13.2 Å². The molecule has 2 fully saturated rings. The molecule has 1 saturated carbocycles. The number of hydrogen-bond donors (Lipinski definition) is 3. The summed E-state index contributed by atoms with van der Waals surface area (Å²) in [6, 6.07) is -0.526. The SMILES string of the molecule is N=C(N)C(NS(=O)(=O)CC1CCCO1)C1CC1. The average molecular weight is 261 g/mol. The van der Waals surface area contributed by atoms with E-state index < -0.39 is 16.1 Å². The number of amidine groups is 1. The Kier molecular flexibility index (Phi) is 3.70. The molecular weight excluding hydrogens is 242 g/mol. The van der Waals surface area contributed by atoms with E-state index in [4.69, 9.17) is 15.9 Å². The van der Waals surface area contributed by atoms with E-state index in [0.717, 1.165) is 25.7 Å². The lowest BCUT2D eigenvalue weighted by atomic mass is 10.2. The highest BCUT2D eigenvalue weighted by molar-refractivity contribution is 7.89. The van der Waals surface area contributed by atoms with Crippen LogP contribution in [-0.4, -0.2) is 38.8 Å². The molecule has 2 rings (SSSR count). The summed E-state index contributed by atoms with van der Waals surface area (Å²) in [6.07, 6.45) is 3.37. The van der Waals surface area contributed by atoms with E-state index in [-0.39, 0.29) is 23.6 Å². The molecule has 1 heterocycles. The predicted octanol–water partition coefficient (Wildman–Crippen LogP) is -0.201.